The number of hydrogen-bond donors (Lipinski definition) is 3. The number of aromatic nitrogens is 2. The van der Waals surface area contributed by atoms with Gasteiger partial charge in [-0.3, -0.25) is 9.69 Å². The first-order valence-electron chi connectivity index (χ1n) is 9.48. The standard InChI is InChI=1S/C21H27N5O3/c1-12(26(20(28)29)21(2,3)4)11-25-16-9-7-6-8-13(16)14-10-15(17(22)27)18(23-5)24-19(14)25/h6-10,12H,11H2,1-5H3,(H2,22,27)(H,23,24)(H,28,29)/t12-/m0/s1. The zero-order valence-electron chi connectivity index (χ0n) is 17.4. The Hall–Kier alpha value is -3.29. The van der Waals surface area contributed by atoms with Crippen molar-refractivity contribution in [3.8, 4) is 0 Å². The Kier molecular flexibility index (Phi) is 5.13. The van der Waals surface area contributed by atoms with Crippen LogP contribution in [0, 0.1) is 0 Å². The minimum absolute atomic E-state index is 0.304. The molecule has 0 saturated heterocycles. The molecule has 0 radical (unpaired) electrons. The number of rotatable bonds is 5. The maximum atomic E-state index is 11.9. The molecule has 0 fully saturated rings. The Balaban J connectivity index is 2.23. The quantitative estimate of drug-likeness (QED) is 0.610. The number of anilines is 1. The lowest BCUT2D eigenvalue weighted by Crippen LogP contribution is -2.51. The summed E-state index contributed by atoms with van der Waals surface area (Å²) in [6, 6.07) is 9.22. The Bertz CT molecular complexity index is 1100. The Morgan fingerprint density at radius 3 is 2.48 bits per heavy atom. The predicted octanol–water partition coefficient (Wildman–Crippen LogP) is 3.50. The fourth-order valence-electron chi connectivity index (χ4n) is 4.00. The largest absolute Gasteiger partial charge is 0.465 e. The van der Waals surface area contributed by atoms with Crippen LogP contribution in [0.3, 0.4) is 0 Å². The molecule has 154 valence electrons. The van der Waals surface area contributed by atoms with E-state index in [-0.39, 0.29) is 6.04 Å². The molecule has 3 aromatic rings. The number of carboxylic acid groups (broad SMARTS) is 1. The summed E-state index contributed by atoms with van der Waals surface area (Å²) in [5.41, 5.74) is 6.90. The van der Waals surface area contributed by atoms with E-state index >= 15 is 0 Å². The predicted molar refractivity (Wildman–Crippen MR) is 114 cm³/mol. The van der Waals surface area contributed by atoms with Crippen LogP contribution >= 0.6 is 0 Å². The van der Waals surface area contributed by atoms with Crippen molar-refractivity contribution in [1.82, 2.24) is 14.5 Å². The lowest BCUT2D eigenvalue weighted by atomic mass is 10.0. The molecule has 4 N–H and O–H groups in total. The molecule has 1 atom stereocenters. The van der Waals surface area contributed by atoms with Crippen LogP contribution in [0.15, 0.2) is 30.3 Å². The van der Waals surface area contributed by atoms with Crippen LogP contribution in [-0.2, 0) is 6.54 Å². The summed E-state index contributed by atoms with van der Waals surface area (Å²) in [5, 5.41) is 14.4. The van der Waals surface area contributed by atoms with Gasteiger partial charge >= 0.3 is 6.09 Å². The third-order valence-corrected chi connectivity index (χ3v) is 5.06. The third kappa shape index (κ3) is 3.57. The molecule has 0 aliphatic heterocycles. The molecule has 0 unspecified atom stereocenters. The second-order valence-corrected chi connectivity index (χ2v) is 8.17. The summed E-state index contributed by atoms with van der Waals surface area (Å²) >= 11 is 0. The maximum Gasteiger partial charge on any atom is 0.408 e. The van der Waals surface area contributed by atoms with Crippen molar-refractivity contribution in [3.63, 3.8) is 0 Å². The van der Waals surface area contributed by atoms with Gasteiger partial charge in [-0.05, 0) is 39.8 Å². The molecule has 2 aromatic heterocycles. The van der Waals surface area contributed by atoms with Crippen LogP contribution in [0.5, 0.6) is 0 Å². The summed E-state index contributed by atoms with van der Waals surface area (Å²) in [5.74, 6) is -0.161. The van der Waals surface area contributed by atoms with Gasteiger partial charge in [0.05, 0.1) is 17.1 Å². The van der Waals surface area contributed by atoms with Gasteiger partial charge in [0.15, 0.2) is 0 Å². The molecule has 2 heterocycles. The van der Waals surface area contributed by atoms with Crippen molar-refractivity contribution in [2.45, 2.75) is 45.8 Å². The zero-order chi connectivity index (χ0) is 21.5. The molecule has 8 heteroatoms. The van der Waals surface area contributed by atoms with Crippen LogP contribution < -0.4 is 11.1 Å². The van der Waals surface area contributed by atoms with Gasteiger partial charge in [0, 0.05) is 29.9 Å². The molecular weight excluding hydrogens is 370 g/mol. The normalized spacial score (nSPS) is 12.9. The van der Waals surface area contributed by atoms with E-state index in [4.69, 9.17) is 5.73 Å². The van der Waals surface area contributed by atoms with Gasteiger partial charge in [-0.2, -0.15) is 0 Å². The average Bonchev–Trinajstić information content (AvgIpc) is 2.92. The number of primary amides is 1. The number of para-hydroxylation sites is 1. The highest BCUT2D eigenvalue weighted by molar-refractivity contribution is 6.10. The van der Waals surface area contributed by atoms with Crippen molar-refractivity contribution in [2.75, 3.05) is 12.4 Å². The molecule has 0 bridgehead atoms. The molecule has 0 aliphatic rings. The topological polar surface area (TPSA) is 113 Å². The van der Waals surface area contributed by atoms with Crippen LogP contribution in [0.25, 0.3) is 21.9 Å². The molecule has 3 rings (SSSR count). The zero-order valence-corrected chi connectivity index (χ0v) is 17.4. The van der Waals surface area contributed by atoms with Gasteiger partial charge in [0.1, 0.15) is 11.5 Å². The molecule has 0 spiro atoms. The Morgan fingerprint density at radius 1 is 1.28 bits per heavy atom. The van der Waals surface area contributed by atoms with E-state index in [1.54, 1.807) is 13.1 Å². The van der Waals surface area contributed by atoms with E-state index in [2.05, 4.69) is 10.3 Å². The van der Waals surface area contributed by atoms with Crippen molar-refractivity contribution >= 4 is 39.8 Å². The van der Waals surface area contributed by atoms with Gasteiger partial charge in [-0.1, -0.05) is 18.2 Å². The first-order chi connectivity index (χ1) is 13.6. The lowest BCUT2D eigenvalue weighted by molar-refractivity contribution is 0.0707. The SMILES string of the molecule is CNc1nc2c(cc1C(N)=O)c1ccccc1n2C[C@H](C)N(C(=O)O)C(C)(C)C. The number of benzene rings is 1. The smallest absolute Gasteiger partial charge is 0.408 e. The van der Waals surface area contributed by atoms with Crippen LogP contribution in [-0.4, -0.2) is 50.2 Å². The van der Waals surface area contributed by atoms with E-state index in [0.29, 0.717) is 23.6 Å². The number of pyridine rings is 1. The highest BCUT2D eigenvalue weighted by Crippen LogP contribution is 2.32. The van der Waals surface area contributed by atoms with Crippen LogP contribution in [0.1, 0.15) is 38.1 Å². The molecule has 2 amide bonds. The highest BCUT2D eigenvalue weighted by atomic mass is 16.4. The first kappa shape index (κ1) is 20.4. The molecule has 0 saturated carbocycles. The highest BCUT2D eigenvalue weighted by Gasteiger charge is 2.31. The fourth-order valence-corrected chi connectivity index (χ4v) is 4.00. The Labute approximate surface area is 169 Å². The Morgan fingerprint density at radius 2 is 1.93 bits per heavy atom. The van der Waals surface area contributed by atoms with Crippen molar-refractivity contribution < 1.29 is 14.7 Å². The van der Waals surface area contributed by atoms with E-state index in [1.807, 2.05) is 56.5 Å². The van der Waals surface area contributed by atoms with Crippen LogP contribution in [0.4, 0.5) is 10.6 Å². The first-order valence-corrected chi connectivity index (χ1v) is 9.48. The van der Waals surface area contributed by atoms with Gasteiger partial charge in [0.25, 0.3) is 5.91 Å². The number of nitrogens with two attached hydrogens (primary N) is 1. The number of nitrogens with one attached hydrogen (secondary N) is 1. The maximum absolute atomic E-state index is 11.9. The number of carbonyl (C=O) groups is 2. The third-order valence-electron chi connectivity index (χ3n) is 5.06. The lowest BCUT2D eigenvalue weighted by Gasteiger charge is -2.38. The minimum atomic E-state index is -0.967. The summed E-state index contributed by atoms with van der Waals surface area (Å²) in [6.45, 7) is 7.93. The molecular formula is C21H27N5O3. The molecule has 29 heavy (non-hydrogen) atoms. The van der Waals surface area contributed by atoms with E-state index in [1.165, 1.54) is 4.90 Å². The van der Waals surface area contributed by atoms with Crippen molar-refractivity contribution in [3.05, 3.63) is 35.9 Å². The molecule has 1 aromatic carbocycles. The second-order valence-electron chi connectivity index (χ2n) is 8.17. The van der Waals surface area contributed by atoms with Gasteiger partial charge in [-0.15, -0.1) is 0 Å². The summed E-state index contributed by atoms with van der Waals surface area (Å²) in [4.78, 5) is 29.9. The number of nitrogens with zero attached hydrogens (tertiary/aromatic N) is 3. The van der Waals surface area contributed by atoms with Crippen molar-refractivity contribution in [1.29, 1.82) is 0 Å². The van der Waals surface area contributed by atoms with Crippen molar-refractivity contribution in [2.24, 2.45) is 5.73 Å². The summed E-state index contributed by atoms with van der Waals surface area (Å²) in [6.07, 6.45) is -0.967. The van der Waals surface area contributed by atoms with Gasteiger partial charge in [-0.25, -0.2) is 9.78 Å². The monoisotopic (exact) mass is 397 g/mol. The van der Waals surface area contributed by atoms with E-state index in [9.17, 15) is 14.7 Å². The number of fused-ring (bicyclic) bond motifs is 3. The fraction of sp³-hybridized carbons (Fsp3) is 0.381. The van der Waals surface area contributed by atoms with E-state index in [0.717, 1.165) is 16.3 Å². The van der Waals surface area contributed by atoms with Crippen LogP contribution in [0.2, 0.25) is 0 Å². The van der Waals surface area contributed by atoms with E-state index < -0.39 is 17.5 Å². The average molecular weight is 397 g/mol. The van der Waals surface area contributed by atoms with Gasteiger partial charge < -0.3 is 20.7 Å². The number of carbonyl (C=O) groups excluding carboxylic acids is 1. The van der Waals surface area contributed by atoms with Gasteiger partial charge in [0.2, 0.25) is 0 Å². The second kappa shape index (κ2) is 7.27. The molecule has 0 aliphatic carbocycles. The number of amides is 2. The number of hydrogen-bond acceptors (Lipinski definition) is 4. The summed E-state index contributed by atoms with van der Waals surface area (Å²) < 4.78 is 2.00. The minimum Gasteiger partial charge on any atom is -0.465 e. The summed E-state index contributed by atoms with van der Waals surface area (Å²) in [7, 11) is 1.68. The molecule has 8 nitrogen and oxygen atoms in total.